The number of hydrogen-bond acceptors (Lipinski definition) is 6. The van der Waals surface area contributed by atoms with Crippen molar-refractivity contribution in [1.82, 2.24) is 14.5 Å². The van der Waals surface area contributed by atoms with Crippen LogP contribution in [0.2, 0.25) is 5.02 Å². The Morgan fingerprint density at radius 3 is 2.03 bits per heavy atom. The normalized spacial score (nSPS) is 14.6. The zero-order chi connectivity index (χ0) is 24.3. The minimum Gasteiger partial charge on any atom is -0.457 e. The van der Waals surface area contributed by atoms with Gasteiger partial charge in [-0.2, -0.15) is 4.31 Å². The van der Waals surface area contributed by atoms with E-state index in [4.69, 9.17) is 16.3 Å². The third kappa shape index (κ3) is 5.14. The first-order valence-corrected chi connectivity index (χ1v) is 13.0. The lowest BCUT2D eigenvalue weighted by atomic mass is 10.1. The average Bonchev–Trinajstić information content (AvgIpc) is 2.90. The molecule has 0 amide bonds. The molecule has 2 heterocycles. The molecule has 9 heteroatoms. The maximum Gasteiger partial charge on any atom is 0.243 e. The Bertz CT molecular complexity index is 1390. The van der Waals surface area contributed by atoms with Gasteiger partial charge >= 0.3 is 0 Å². The lowest BCUT2D eigenvalue weighted by Crippen LogP contribution is -2.48. The van der Waals surface area contributed by atoms with Gasteiger partial charge in [-0.3, -0.25) is 0 Å². The number of piperazine rings is 1. The molecule has 0 bridgehead atoms. The Kier molecular flexibility index (Phi) is 6.68. The summed E-state index contributed by atoms with van der Waals surface area (Å²) in [5, 5.41) is 9.28. The van der Waals surface area contributed by atoms with Crippen molar-refractivity contribution in [3.05, 3.63) is 96.0 Å². The molecule has 1 aliphatic rings. The molecule has 0 aliphatic carbocycles. The van der Waals surface area contributed by atoms with Gasteiger partial charge in [0.15, 0.2) is 5.82 Å². The number of hydrogen-bond donors (Lipinski definition) is 0. The van der Waals surface area contributed by atoms with Gasteiger partial charge in [0, 0.05) is 31.7 Å². The molecule has 0 saturated carbocycles. The highest BCUT2D eigenvalue weighted by atomic mass is 35.5. The summed E-state index contributed by atoms with van der Waals surface area (Å²) in [6.07, 6.45) is 0. The van der Waals surface area contributed by atoms with Crippen LogP contribution in [0.5, 0.6) is 11.5 Å². The van der Waals surface area contributed by atoms with E-state index < -0.39 is 10.0 Å². The predicted molar refractivity (Wildman–Crippen MR) is 136 cm³/mol. The number of ether oxygens (including phenoxy) is 1. The van der Waals surface area contributed by atoms with Gasteiger partial charge in [-0.05, 0) is 54.6 Å². The van der Waals surface area contributed by atoms with Crippen LogP contribution in [0, 0.1) is 0 Å². The van der Waals surface area contributed by atoms with E-state index in [9.17, 15) is 8.42 Å². The van der Waals surface area contributed by atoms with Gasteiger partial charge in [0.2, 0.25) is 10.0 Å². The van der Waals surface area contributed by atoms with E-state index in [2.05, 4.69) is 10.2 Å². The van der Waals surface area contributed by atoms with Crippen LogP contribution < -0.4 is 9.64 Å². The molecule has 1 aromatic heterocycles. The van der Waals surface area contributed by atoms with Crippen LogP contribution in [0.15, 0.2) is 95.9 Å². The Labute approximate surface area is 209 Å². The van der Waals surface area contributed by atoms with E-state index in [1.54, 1.807) is 24.3 Å². The first-order chi connectivity index (χ1) is 17.0. The Morgan fingerprint density at radius 1 is 0.714 bits per heavy atom. The SMILES string of the molecule is O=S(=O)(c1ccc(Oc2ccccc2)cc1)N1CCN(c2ccc(-c3ccccc3Cl)nn2)CC1. The highest BCUT2D eigenvalue weighted by molar-refractivity contribution is 7.89. The third-order valence-electron chi connectivity index (χ3n) is 5.80. The minimum atomic E-state index is -3.60. The van der Waals surface area contributed by atoms with E-state index in [1.807, 2.05) is 71.6 Å². The van der Waals surface area contributed by atoms with Gasteiger partial charge in [-0.25, -0.2) is 8.42 Å². The second kappa shape index (κ2) is 10.0. The first-order valence-electron chi connectivity index (χ1n) is 11.2. The van der Waals surface area contributed by atoms with Crippen LogP contribution in [0.4, 0.5) is 5.82 Å². The summed E-state index contributed by atoms with van der Waals surface area (Å²) >= 11 is 6.25. The topological polar surface area (TPSA) is 75.6 Å². The van der Waals surface area contributed by atoms with Gasteiger partial charge in [-0.1, -0.05) is 48.0 Å². The van der Waals surface area contributed by atoms with E-state index >= 15 is 0 Å². The summed E-state index contributed by atoms with van der Waals surface area (Å²) in [5.41, 5.74) is 1.52. The fourth-order valence-electron chi connectivity index (χ4n) is 3.92. The van der Waals surface area contributed by atoms with E-state index in [1.165, 1.54) is 4.31 Å². The number of sulfonamides is 1. The molecule has 5 rings (SSSR count). The maximum absolute atomic E-state index is 13.2. The number of benzene rings is 3. The third-order valence-corrected chi connectivity index (χ3v) is 8.05. The number of anilines is 1. The molecule has 4 aromatic rings. The number of para-hydroxylation sites is 1. The van der Waals surface area contributed by atoms with E-state index in [0.717, 1.165) is 5.56 Å². The van der Waals surface area contributed by atoms with Crippen LogP contribution in [-0.2, 0) is 10.0 Å². The first kappa shape index (κ1) is 23.3. The van der Waals surface area contributed by atoms with Crippen LogP contribution in [0.3, 0.4) is 0 Å². The van der Waals surface area contributed by atoms with Crippen LogP contribution in [0.25, 0.3) is 11.3 Å². The van der Waals surface area contributed by atoms with E-state index in [0.29, 0.717) is 54.2 Å². The number of aromatic nitrogens is 2. The van der Waals surface area contributed by atoms with Crippen molar-refractivity contribution in [1.29, 1.82) is 0 Å². The molecule has 7 nitrogen and oxygen atoms in total. The van der Waals surface area contributed by atoms with Gasteiger partial charge < -0.3 is 9.64 Å². The summed E-state index contributed by atoms with van der Waals surface area (Å²) in [6.45, 7) is 1.76. The Morgan fingerprint density at radius 2 is 1.37 bits per heavy atom. The van der Waals surface area contributed by atoms with E-state index in [-0.39, 0.29) is 4.90 Å². The second-order valence-corrected chi connectivity index (χ2v) is 10.4. The number of nitrogens with zero attached hydrogens (tertiary/aromatic N) is 4. The fraction of sp³-hybridized carbons (Fsp3) is 0.154. The summed E-state index contributed by atoms with van der Waals surface area (Å²) in [6, 6.07) is 27.1. The maximum atomic E-state index is 13.2. The Balaban J connectivity index is 1.22. The Hall–Kier alpha value is -3.46. The standard InChI is InChI=1S/C26H23ClN4O3S/c27-24-9-5-4-8-23(24)25-14-15-26(29-28-25)30-16-18-31(19-17-30)35(32,33)22-12-10-21(11-13-22)34-20-6-2-1-3-7-20/h1-15H,16-19H2. The highest BCUT2D eigenvalue weighted by Gasteiger charge is 2.29. The van der Waals surface area contributed by atoms with Crippen molar-refractivity contribution in [3.8, 4) is 22.8 Å². The predicted octanol–water partition coefficient (Wildman–Crippen LogP) is 5.10. The van der Waals surface area contributed by atoms with Gasteiger partial charge in [0.05, 0.1) is 15.6 Å². The molecule has 0 atom stereocenters. The molecule has 0 radical (unpaired) electrons. The quantitative estimate of drug-likeness (QED) is 0.362. The van der Waals surface area contributed by atoms with Crippen molar-refractivity contribution < 1.29 is 13.2 Å². The molecule has 1 aliphatic heterocycles. The highest BCUT2D eigenvalue weighted by Crippen LogP contribution is 2.27. The smallest absolute Gasteiger partial charge is 0.243 e. The molecule has 0 unspecified atom stereocenters. The largest absolute Gasteiger partial charge is 0.457 e. The molecule has 35 heavy (non-hydrogen) atoms. The lowest BCUT2D eigenvalue weighted by Gasteiger charge is -2.34. The van der Waals surface area contributed by atoms with Crippen LogP contribution in [0.1, 0.15) is 0 Å². The average molecular weight is 507 g/mol. The zero-order valence-electron chi connectivity index (χ0n) is 18.8. The van der Waals surface area contributed by atoms with Crippen molar-refractivity contribution in [3.63, 3.8) is 0 Å². The summed E-state index contributed by atoms with van der Waals surface area (Å²) in [4.78, 5) is 2.28. The van der Waals surface area contributed by atoms with Crippen molar-refractivity contribution in [2.45, 2.75) is 4.90 Å². The zero-order valence-corrected chi connectivity index (χ0v) is 20.4. The van der Waals surface area contributed by atoms with Crippen LogP contribution in [-0.4, -0.2) is 49.1 Å². The van der Waals surface area contributed by atoms with Crippen molar-refractivity contribution in [2.75, 3.05) is 31.1 Å². The molecular weight excluding hydrogens is 484 g/mol. The molecule has 3 aromatic carbocycles. The summed E-state index contributed by atoms with van der Waals surface area (Å²) in [5.74, 6) is 1.99. The lowest BCUT2D eigenvalue weighted by molar-refractivity contribution is 0.383. The molecule has 1 saturated heterocycles. The van der Waals surface area contributed by atoms with Gasteiger partial charge in [-0.15, -0.1) is 10.2 Å². The monoisotopic (exact) mass is 506 g/mol. The summed E-state index contributed by atoms with van der Waals surface area (Å²) in [7, 11) is -3.60. The number of halogens is 1. The van der Waals surface area contributed by atoms with Crippen LogP contribution >= 0.6 is 11.6 Å². The molecule has 1 fully saturated rings. The fourth-order valence-corrected chi connectivity index (χ4v) is 5.57. The second-order valence-electron chi connectivity index (χ2n) is 8.03. The minimum absolute atomic E-state index is 0.246. The van der Waals surface area contributed by atoms with Crippen molar-refractivity contribution >= 4 is 27.4 Å². The molecular formula is C26H23ClN4O3S. The number of rotatable bonds is 6. The molecule has 178 valence electrons. The molecule has 0 N–H and O–H groups in total. The van der Waals surface area contributed by atoms with Gasteiger partial charge in [0.1, 0.15) is 11.5 Å². The molecule has 0 spiro atoms. The summed E-state index contributed by atoms with van der Waals surface area (Å²) < 4.78 is 33.6. The van der Waals surface area contributed by atoms with Gasteiger partial charge in [0.25, 0.3) is 0 Å². The van der Waals surface area contributed by atoms with Crippen molar-refractivity contribution in [2.24, 2.45) is 0 Å².